The van der Waals surface area contributed by atoms with E-state index in [9.17, 15) is 10.1 Å². The number of hydrogen-bond donors (Lipinski definition) is 0. The van der Waals surface area contributed by atoms with Gasteiger partial charge in [-0.1, -0.05) is 30.3 Å². The van der Waals surface area contributed by atoms with Crippen molar-refractivity contribution in [2.75, 3.05) is 26.7 Å². The number of hydrogen-bond acceptors (Lipinski definition) is 4. The van der Waals surface area contributed by atoms with E-state index < -0.39 is 0 Å². The minimum atomic E-state index is -0.376. The fourth-order valence-electron chi connectivity index (χ4n) is 2.25. The first-order valence-electron chi connectivity index (χ1n) is 7.66. The van der Waals surface area contributed by atoms with Crippen LogP contribution in [0.5, 0.6) is 5.75 Å². The lowest BCUT2D eigenvalue weighted by molar-refractivity contribution is -0.384. The normalized spacial score (nSPS) is 10.7. The van der Waals surface area contributed by atoms with Gasteiger partial charge in [0.1, 0.15) is 12.4 Å². The molecule has 0 bridgehead atoms. The number of nitro benzene ring substituents is 1. The lowest BCUT2D eigenvalue weighted by atomic mass is 10.1. The second-order valence-electron chi connectivity index (χ2n) is 5.59. The summed E-state index contributed by atoms with van der Waals surface area (Å²) in [6.07, 6.45) is 0.860. The molecule has 5 heteroatoms. The van der Waals surface area contributed by atoms with Crippen LogP contribution < -0.4 is 4.74 Å². The van der Waals surface area contributed by atoms with E-state index >= 15 is 0 Å². The Kier molecular flexibility index (Phi) is 6.11. The monoisotopic (exact) mass is 314 g/mol. The first-order chi connectivity index (χ1) is 11.1. The highest BCUT2D eigenvalue weighted by Gasteiger charge is 2.05. The zero-order chi connectivity index (χ0) is 16.7. The van der Waals surface area contributed by atoms with Crippen LogP contribution >= 0.6 is 0 Å². The molecular weight excluding hydrogens is 292 g/mol. The van der Waals surface area contributed by atoms with Gasteiger partial charge in [-0.05, 0) is 37.6 Å². The van der Waals surface area contributed by atoms with Crippen molar-refractivity contribution in [3.05, 3.63) is 69.8 Å². The fourth-order valence-corrected chi connectivity index (χ4v) is 2.25. The molecule has 0 aromatic heterocycles. The predicted octanol–water partition coefficient (Wildman–Crippen LogP) is 3.46. The highest BCUT2D eigenvalue weighted by Crippen LogP contribution is 2.16. The highest BCUT2D eigenvalue weighted by molar-refractivity contribution is 5.33. The van der Waals surface area contributed by atoms with Gasteiger partial charge in [0.05, 0.1) is 4.92 Å². The Hall–Kier alpha value is -2.40. The average Bonchev–Trinajstić information content (AvgIpc) is 2.55. The van der Waals surface area contributed by atoms with Gasteiger partial charge in [0.25, 0.3) is 5.69 Å². The van der Waals surface area contributed by atoms with Crippen molar-refractivity contribution in [1.29, 1.82) is 0 Å². The molecule has 0 saturated heterocycles. The van der Waals surface area contributed by atoms with Gasteiger partial charge in [0.2, 0.25) is 0 Å². The SMILES string of the molecule is Cc1ccccc1OCCN(C)CCc1ccc([N+](=O)[O-])cc1. The fraction of sp³-hybridized carbons (Fsp3) is 0.333. The molecule has 0 aliphatic carbocycles. The molecule has 0 N–H and O–H groups in total. The molecule has 122 valence electrons. The van der Waals surface area contributed by atoms with Gasteiger partial charge < -0.3 is 9.64 Å². The second-order valence-corrected chi connectivity index (χ2v) is 5.59. The van der Waals surface area contributed by atoms with Crippen LogP contribution in [0.15, 0.2) is 48.5 Å². The van der Waals surface area contributed by atoms with Crippen molar-refractivity contribution in [3.63, 3.8) is 0 Å². The number of aryl methyl sites for hydroxylation is 1. The summed E-state index contributed by atoms with van der Waals surface area (Å²) in [7, 11) is 2.05. The second kappa shape index (κ2) is 8.29. The van der Waals surface area contributed by atoms with Crippen molar-refractivity contribution in [1.82, 2.24) is 4.90 Å². The van der Waals surface area contributed by atoms with Gasteiger partial charge in [-0.15, -0.1) is 0 Å². The number of rotatable bonds is 8. The van der Waals surface area contributed by atoms with Gasteiger partial charge in [0, 0.05) is 25.2 Å². The Morgan fingerprint density at radius 2 is 1.78 bits per heavy atom. The van der Waals surface area contributed by atoms with Crippen molar-refractivity contribution >= 4 is 5.69 Å². The molecule has 0 amide bonds. The highest BCUT2D eigenvalue weighted by atomic mass is 16.6. The van der Waals surface area contributed by atoms with E-state index in [1.807, 2.05) is 50.4 Å². The number of likely N-dealkylation sites (N-methyl/N-ethyl adjacent to an activating group) is 1. The molecule has 0 unspecified atom stereocenters. The van der Waals surface area contributed by atoms with Crippen LogP contribution in [0, 0.1) is 17.0 Å². The number of ether oxygens (including phenoxy) is 1. The van der Waals surface area contributed by atoms with Gasteiger partial charge in [-0.3, -0.25) is 10.1 Å². The van der Waals surface area contributed by atoms with Crippen LogP contribution in [0.2, 0.25) is 0 Å². The first kappa shape index (κ1) is 17.0. The minimum Gasteiger partial charge on any atom is -0.492 e. The molecule has 0 fully saturated rings. The smallest absolute Gasteiger partial charge is 0.269 e. The lowest BCUT2D eigenvalue weighted by Gasteiger charge is -2.17. The van der Waals surface area contributed by atoms with Crippen molar-refractivity contribution in [3.8, 4) is 5.75 Å². The van der Waals surface area contributed by atoms with E-state index in [1.54, 1.807) is 12.1 Å². The number of nitrogens with zero attached hydrogens (tertiary/aromatic N) is 2. The molecule has 5 nitrogen and oxygen atoms in total. The Labute approximate surface area is 136 Å². The summed E-state index contributed by atoms with van der Waals surface area (Å²) in [4.78, 5) is 12.4. The topological polar surface area (TPSA) is 55.6 Å². The van der Waals surface area contributed by atoms with Crippen LogP contribution in [0.3, 0.4) is 0 Å². The first-order valence-corrected chi connectivity index (χ1v) is 7.66. The molecule has 2 aromatic rings. The van der Waals surface area contributed by atoms with E-state index in [4.69, 9.17) is 4.74 Å². The average molecular weight is 314 g/mol. The quantitative estimate of drug-likeness (QED) is 0.553. The standard InChI is InChI=1S/C18H22N2O3/c1-15-5-3-4-6-18(15)23-14-13-19(2)12-11-16-7-9-17(10-8-16)20(21)22/h3-10H,11-14H2,1-2H3. The largest absolute Gasteiger partial charge is 0.492 e. The Morgan fingerprint density at radius 1 is 1.09 bits per heavy atom. The van der Waals surface area contributed by atoms with Gasteiger partial charge in [-0.2, -0.15) is 0 Å². The maximum Gasteiger partial charge on any atom is 0.269 e. The van der Waals surface area contributed by atoms with Crippen LogP contribution in [-0.4, -0.2) is 36.6 Å². The molecule has 0 aliphatic rings. The van der Waals surface area contributed by atoms with Gasteiger partial charge >= 0.3 is 0 Å². The summed E-state index contributed by atoms with van der Waals surface area (Å²) >= 11 is 0. The maximum atomic E-state index is 10.6. The van der Waals surface area contributed by atoms with E-state index in [0.717, 1.165) is 36.4 Å². The minimum absolute atomic E-state index is 0.133. The van der Waals surface area contributed by atoms with Crippen LogP contribution in [0.1, 0.15) is 11.1 Å². The molecule has 0 aliphatic heterocycles. The molecule has 23 heavy (non-hydrogen) atoms. The number of para-hydroxylation sites is 1. The van der Waals surface area contributed by atoms with Crippen LogP contribution in [0.25, 0.3) is 0 Å². The summed E-state index contributed by atoms with van der Waals surface area (Å²) in [5.74, 6) is 0.927. The Bertz CT molecular complexity index is 641. The summed E-state index contributed by atoms with van der Waals surface area (Å²) < 4.78 is 5.78. The Morgan fingerprint density at radius 3 is 2.43 bits per heavy atom. The zero-order valence-corrected chi connectivity index (χ0v) is 13.6. The molecule has 0 radical (unpaired) electrons. The summed E-state index contributed by atoms with van der Waals surface area (Å²) in [6.45, 7) is 4.39. The third-order valence-corrected chi connectivity index (χ3v) is 3.75. The van der Waals surface area contributed by atoms with Crippen molar-refractivity contribution < 1.29 is 9.66 Å². The van der Waals surface area contributed by atoms with E-state index in [1.165, 1.54) is 0 Å². The summed E-state index contributed by atoms with van der Waals surface area (Å²) in [5, 5.41) is 10.6. The van der Waals surface area contributed by atoms with Crippen molar-refractivity contribution in [2.24, 2.45) is 0 Å². The summed E-state index contributed by atoms with van der Waals surface area (Å²) in [6, 6.07) is 14.7. The molecule has 2 aromatic carbocycles. The molecule has 0 spiro atoms. The van der Waals surface area contributed by atoms with Crippen molar-refractivity contribution in [2.45, 2.75) is 13.3 Å². The molecular formula is C18H22N2O3. The number of nitro groups is 1. The molecule has 2 rings (SSSR count). The Balaban J connectivity index is 1.71. The van der Waals surface area contributed by atoms with Crippen LogP contribution in [-0.2, 0) is 6.42 Å². The maximum absolute atomic E-state index is 10.6. The molecule has 0 heterocycles. The van der Waals surface area contributed by atoms with E-state index in [2.05, 4.69) is 4.90 Å². The molecule has 0 saturated carbocycles. The van der Waals surface area contributed by atoms with E-state index in [0.29, 0.717) is 6.61 Å². The third kappa shape index (κ3) is 5.38. The number of benzene rings is 2. The van der Waals surface area contributed by atoms with Gasteiger partial charge in [0.15, 0.2) is 0 Å². The number of non-ortho nitro benzene ring substituents is 1. The predicted molar refractivity (Wildman–Crippen MR) is 91.0 cm³/mol. The molecule has 0 atom stereocenters. The van der Waals surface area contributed by atoms with Gasteiger partial charge in [-0.25, -0.2) is 0 Å². The van der Waals surface area contributed by atoms with E-state index in [-0.39, 0.29) is 10.6 Å². The lowest BCUT2D eigenvalue weighted by Crippen LogP contribution is -2.26. The zero-order valence-electron chi connectivity index (χ0n) is 13.6. The third-order valence-electron chi connectivity index (χ3n) is 3.75. The summed E-state index contributed by atoms with van der Waals surface area (Å²) in [5.41, 5.74) is 2.37. The van der Waals surface area contributed by atoms with Crippen LogP contribution in [0.4, 0.5) is 5.69 Å².